The third-order valence-corrected chi connectivity index (χ3v) is 1.28. The first kappa shape index (κ1) is 7.77. The zero-order chi connectivity index (χ0) is 7.94. The van der Waals surface area contributed by atoms with Gasteiger partial charge in [0.1, 0.15) is 6.61 Å². The predicted molar refractivity (Wildman–Crippen MR) is 41.7 cm³/mol. The summed E-state index contributed by atoms with van der Waals surface area (Å²) in [7, 11) is 0. The van der Waals surface area contributed by atoms with E-state index in [1.165, 1.54) is 0 Å². The summed E-state index contributed by atoms with van der Waals surface area (Å²) in [5.74, 6) is 0. The Morgan fingerprint density at radius 3 is 2.64 bits per heavy atom. The van der Waals surface area contributed by atoms with Crippen molar-refractivity contribution >= 4 is 0 Å². The number of hydrogen-bond donors (Lipinski definition) is 0. The Bertz CT molecular complexity index is 237. The number of nitrogens with zero attached hydrogens (tertiary/aromatic N) is 1. The first-order chi connectivity index (χ1) is 5.43. The summed E-state index contributed by atoms with van der Waals surface area (Å²) in [6.07, 6.45) is 0. The molecule has 56 valence electrons. The molecule has 0 aliphatic carbocycles. The topological polar surface area (TPSA) is 33.0 Å². The number of rotatable bonds is 3. The Morgan fingerprint density at radius 2 is 2.00 bits per heavy atom. The molecule has 1 rings (SSSR count). The van der Waals surface area contributed by atoms with Crippen LogP contribution in [0.4, 0.5) is 0 Å². The molecule has 0 saturated carbocycles. The van der Waals surface area contributed by atoms with Crippen LogP contribution in [0.25, 0.3) is 0 Å². The summed E-state index contributed by atoms with van der Waals surface area (Å²) < 4.78 is 5.01. The average Bonchev–Trinajstić information content (AvgIpc) is 2.07. The summed E-state index contributed by atoms with van der Waals surface area (Å²) in [6, 6.07) is 11.7. The van der Waals surface area contributed by atoms with Gasteiger partial charge in [-0.1, -0.05) is 30.3 Å². The molecule has 0 aliphatic heterocycles. The predicted octanol–water partition coefficient (Wildman–Crippen LogP) is 1.73. The fourth-order valence-corrected chi connectivity index (χ4v) is 0.789. The highest BCUT2D eigenvalue weighted by Gasteiger charge is 1.88. The van der Waals surface area contributed by atoms with Crippen molar-refractivity contribution in [2.45, 2.75) is 6.61 Å². The fraction of sp³-hybridized carbons (Fsp3) is 0.222. The van der Waals surface area contributed by atoms with Gasteiger partial charge < -0.3 is 4.74 Å². The molecule has 0 amide bonds. The van der Waals surface area contributed by atoms with Crippen molar-refractivity contribution in [2.75, 3.05) is 6.61 Å². The van der Waals surface area contributed by atoms with Crippen molar-refractivity contribution in [3.8, 4) is 6.07 Å². The lowest BCUT2D eigenvalue weighted by Gasteiger charge is -1.97. The van der Waals surface area contributed by atoms with Crippen LogP contribution in [0, 0.1) is 11.3 Å². The Labute approximate surface area is 66.0 Å². The maximum atomic E-state index is 8.17. The van der Waals surface area contributed by atoms with E-state index in [0.29, 0.717) is 6.61 Å². The summed E-state index contributed by atoms with van der Waals surface area (Å²) >= 11 is 0. The molecule has 11 heavy (non-hydrogen) atoms. The first-order valence-corrected chi connectivity index (χ1v) is 3.42. The van der Waals surface area contributed by atoms with E-state index in [0.717, 1.165) is 5.56 Å². The van der Waals surface area contributed by atoms with Crippen LogP contribution < -0.4 is 0 Å². The zero-order valence-electron chi connectivity index (χ0n) is 6.16. The minimum atomic E-state index is 0.162. The quantitative estimate of drug-likeness (QED) is 0.610. The largest absolute Gasteiger partial charge is 0.362 e. The van der Waals surface area contributed by atoms with Crippen LogP contribution in [0.5, 0.6) is 0 Å². The normalized spacial score (nSPS) is 9.00. The highest BCUT2D eigenvalue weighted by molar-refractivity contribution is 5.13. The SMILES string of the molecule is N#CCOCc1ccccc1. The molecular formula is C9H9NO. The summed E-state index contributed by atoms with van der Waals surface area (Å²) in [6.45, 7) is 0.684. The Morgan fingerprint density at radius 1 is 1.27 bits per heavy atom. The molecule has 0 bridgehead atoms. The molecule has 0 heterocycles. The summed E-state index contributed by atoms with van der Waals surface area (Å²) in [5.41, 5.74) is 1.10. The molecular weight excluding hydrogens is 138 g/mol. The molecule has 0 aliphatic rings. The smallest absolute Gasteiger partial charge is 0.134 e. The van der Waals surface area contributed by atoms with Crippen molar-refractivity contribution in [2.24, 2.45) is 0 Å². The molecule has 2 heteroatoms. The second-order valence-corrected chi connectivity index (χ2v) is 2.14. The lowest BCUT2D eigenvalue weighted by molar-refractivity contribution is 0.152. The molecule has 0 aromatic heterocycles. The van der Waals surface area contributed by atoms with Gasteiger partial charge in [-0.2, -0.15) is 5.26 Å². The van der Waals surface area contributed by atoms with Crippen molar-refractivity contribution in [3.63, 3.8) is 0 Å². The van der Waals surface area contributed by atoms with Gasteiger partial charge in [-0.3, -0.25) is 0 Å². The Balaban J connectivity index is 2.35. The third kappa shape index (κ3) is 2.83. The van der Waals surface area contributed by atoms with Gasteiger partial charge in [0, 0.05) is 0 Å². The van der Waals surface area contributed by atoms with Gasteiger partial charge in [0.05, 0.1) is 12.7 Å². The van der Waals surface area contributed by atoms with Crippen molar-refractivity contribution in [3.05, 3.63) is 35.9 Å². The van der Waals surface area contributed by atoms with Crippen LogP contribution in [0.1, 0.15) is 5.56 Å². The summed E-state index contributed by atoms with van der Waals surface area (Å²) in [5, 5.41) is 8.17. The molecule has 0 atom stereocenters. The van der Waals surface area contributed by atoms with E-state index < -0.39 is 0 Å². The second-order valence-electron chi connectivity index (χ2n) is 2.14. The van der Waals surface area contributed by atoms with Crippen LogP contribution in [-0.4, -0.2) is 6.61 Å². The minimum Gasteiger partial charge on any atom is -0.362 e. The standard InChI is InChI=1S/C9H9NO/c10-6-7-11-8-9-4-2-1-3-5-9/h1-5H,7-8H2. The number of nitriles is 1. The van der Waals surface area contributed by atoms with Gasteiger partial charge in [-0.05, 0) is 5.56 Å². The van der Waals surface area contributed by atoms with E-state index in [9.17, 15) is 0 Å². The van der Waals surface area contributed by atoms with Crippen LogP contribution in [0.15, 0.2) is 30.3 Å². The molecule has 1 aromatic rings. The van der Waals surface area contributed by atoms with Crippen molar-refractivity contribution < 1.29 is 4.74 Å². The van der Waals surface area contributed by atoms with Crippen LogP contribution in [0.2, 0.25) is 0 Å². The van der Waals surface area contributed by atoms with Gasteiger partial charge in [0.2, 0.25) is 0 Å². The van der Waals surface area contributed by atoms with Crippen molar-refractivity contribution in [1.29, 1.82) is 5.26 Å². The van der Waals surface area contributed by atoms with E-state index in [4.69, 9.17) is 10.00 Å². The van der Waals surface area contributed by atoms with Gasteiger partial charge in [-0.25, -0.2) is 0 Å². The number of ether oxygens (including phenoxy) is 1. The lowest BCUT2D eigenvalue weighted by Crippen LogP contribution is -1.91. The second kappa shape index (κ2) is 4.48. The molecule has 0 fully saturated rings. The highest BCUT2D eigenvalue weighted by Crippen LogP contribution is 1.99. The fourth-order valence-electron chi connectivity index (χ4n) is 0.789. The molecule has 0 radical (unpaired) electrons. The minimum absolute atomic E-state index is 0.162. The maximum absolute atomic E-state index is 8.17. The molecule has 0 N–H and O–H groups in total. The zero-order valence-corrected chi connectivity index (χ0v) is 6.16. The lowest BCUT2D eigenvalue weighted by atomic mass is 10.2. The molecule has 0 saturated heterocycles. The van der Waals surface area contributed by atoms with Crippen LogP contribution >= 0.6 is 0 Å². The van der Waals surface area contributed by atoms with E-state index >= 15 is 0 Å². The monoisotopic (exact) mass is 147 g/mol. The Hall–Kier alpha value is -1.33. The Kier molecular flexibility index (Phi) is 3.17. The number of benzene rings is 1. The van der Waals surface area contributed by atoms with E-state index in [2.05, 4.69) is 0 Å². The van der Waals surface area contributed by atoms with Crippen LogP contribution in [0.3, 0.4) is 0 Å². The van der Waals surface area contributed by atoms with Gasteiger partial charge in [0.25, 0.3) is 0 Å². The van der Waals surface area contributed by atoms with E-state index in [-0.39, 0.29) is 6.61 Å². The average molecular weight is 147 g/mol. The third-order valence-electron chi connectivity index (χ3n) is 1.28. The van der Waals surface area contributed by atoms with E-state index in [1.807, 2.05) is 36.4 Å². The molecule has 1 aromatic carbocycles. The van der Waals surface area contributed by atoms with Gasteiger partial charge in [-0.15, -0.1) is 0 Å². The maximum Gasteiger partial charge on any atom is 0.134 e. The van der Waals surface area contributed by atoms with E-state index in [1.54, 1.807) is 0 Å². The first-order valence-electron chi connectivity index (χ1n) is 3.42. The van der Waals surface area contributed by atoms with Crippen LogP contribution in [-0.2, 0) is 11.3 Å². The molecule has 0 spiro atoms. The molecule has 2 nitrogen and oxygen atoms in total. The van der Waals surface area contributed by atoms with Crippen molar-refractivity contribution in [1.82, 2.24) is 0 Å². The molecule has 0 unspecified atom stereocenters. The highest BCUT2D eigenvalue weighted by atomic mass is 16.5. The summed E-state index contributed by atoms with van der Waals surface area (Å²) in [4.78, 5) is 0. The van der Waals surface area contributed by atoms with Gasteiger partial charge in [0.15, 0.2) is 0 Å². The number of hydrogen-bond acceptors (Lipinski definition) is 2. The van der Waals surface area contributed by atoms with Gasteiger partial charge >= 0.3 is 0 Å².